The van der Waals surface area contributed by atoms with E-state index < -0.39 is 24.2 Å². The maximum absolute atomic E-state index is 12.1. The lowest BCUT2D eigenvalue weighted by Gasteiger charge is -2.13. The minimum atomic E-state index is -5.08. The van der Waals surface area contributed by atoms with Gasteiger partial charge in [-0.05, 0) is 48.4 Å². The van der Waals surface area contributed by atoms with Crippen LogP contribution in [0.25, 0.3) is 10.9 Å². The Morgan fingerprint density at radius 1 is 1.02 bits per heavy atom. The van der Waals surface area contributed by atoms with Gasteiger partial charge in [0.25, 0.3) is 5.91 Å². The van der Waals surface area contributed by atoms with E-state index in [4.69, 9.17) is 14.6 Å². The lowest BCUT2D eigenvalue weighted by Crippen LogP contribution is -2.22. The van der Waals surface area contributed by atoms with Crippen molar-refractivity contribution in [3.8, 4) is 5.75 Å². The van der Waals surface area contributed by atoms with E-state index in [0.29, 0.717) is 6.61 Å². The molecule has 0 spiro atoms. The molecule has 0 radical (unpaired) electrons. The molecule has 1 aromatic heterocycles. The Labute approximate surface area is 236 Å². The molecule has 3 aromatic carbocycles. The number of amides is 3. The maximum atomic E-state index is 12.1. The van der Waals surface area contributed by atoms with Crippen LogP contribution in [0.4, 0.5) is 18.0 Å². The normalized spacial score (nSPS) is 14.6. The second-order valence-corrected chi connectivity index (χ2v) is 9.91. The van der Waals surface area contributed by atoms with Crippen molar-refractivity contribution >= 4 is 40.6 Å². The number of imide groups is 1. The van der Waals surface area contributed by atoms with Gasteiger partial charge in [-0.15, -0.1) is 11.8 Å². The zero-order valence-corrected chi connectivity index (χ0v) is 22.4. The molecular weight excluding hydrogens is 559 g/mol. The number of halogens is 3. The summed E-state index contributed by atoms with van der Waals surface area (Å²) in [5, 5.41) is 13.2. The van der Waals surface area contributed by atoms with Crippen molar-refractivity contribution in [2.75, 3.05) is 0 Å². The number of aromatic nitrogens is 1. The van der Waals surface area contributed by atoms with Crippen LogP contribution in [0.15, 0.2) is 83.8 Å². The largest absolute Gasteiger partial charge is 0.490 e. The summed E-state index contributed by atoms with van der Waals surface area (Å²) in [6.07, 6.45) is -5.08. The van der Waals surface area contributed by atoms with E-state index in [1.54, 1.807) is 11.8 Å². The van der Waals surface area contributed by atoms with Gasteiger partial charge in [-0.3, -0.25) is 15.1 Å². The monoisotopic (exact) mass is 583 g/mol. The number of carbonyl (C=O) groups is 3. The number of benzene rings is 3. The van der Waals surface area contributed by atoms with Crippen molar-refractivity contribution in [1.29, 1.82) is 0 Å². The van der Waals surface area contributed by atoms with Crippen molar-refractivity contribution in [2.24, 2.45) is 0 Å². The fourth-order valence-corrected chi connectivity index (χ4v) is 5.05. The van der Waals surface area contributed by atoms with Gasteiger partial charge >= 0.3 is 18.2 Å². The molecule has 2 heterocycles. The Morgan fingerprint density at radius 3 is 2.34 bits per heavy atom. The van der Waals surface area contributed by atoms with Gasteiger partial charge < -0.3 is 15.2 Å². The quantitative estimate of drug-likeness (QED) is 0.182. The molecule has 212 valence electrons. The Hall–Kier alpha value is -4.58. The SMILES string of the molecule is Cc1cc(COc2ccc(CSc3ccccc3C3NC(=O)NC3=O)cc2)c2ccccc2n1.O=C(O)C(F)(F)F. The molecule has 3 N–H and O–H groups in total. The van der Waals surface area contributed by atoms with Gasteiger partial charge in [0, 0.05) is 27.3 Å². The van der Waals surface area contributed by atoms with E-state index >= 15 is 0 Å². The lowest BCUT2D eigenvalue weighted by molar-refractivity contribution is -0.192. The van der Waals surface area contributed by atoms with Crippen molar-refractivity contribution < 1.29 is 37.4 Å². The topological polar surface area (TPSA) is 118 Å². The first-order valence-corrected chi connectivity index (χ1v) is 13.2. The molecule has 1 saturated heterocycles. The Kier molecular flexibility index (Phi) is 9.13. The number of hydrogen-bond donors (Lipinski definition) is 3. The van der Waals surface area contributed by atoms with E-state index in [1.165, 1.54) is 0 Å². The number of nitrogens with zero attached hydrogens (tertiary/aromatic N) is 1. The second kappa shape index (κ2) is 12.7. The van der Waals surface area contributed by atoms with E-state index in [-0.39, 0.29) is 5.91 Å². The van der Waals surface area contributed by atoms with E-state index in [1.807, 2.05) is 73.7 Å². The highest BCUT2D eigenvalue weighted by molar-refractivity contribution is 7.98. The molecule has 5 rings (SSSR count). The Morgan fingerprint density at radius 2 is 1.68 bits per heavy atom. The fraction of sp³-hybridized carbons (Fsp3) is 0.172. The highest BCUT2D eigenvalue weighted by Gasteiger charge is 2.38. The number of para-hydroxylation sites is 1. The minimum absolute atomic E-state index is 0.322. The average molecular weight is 584 g/mol. The van der Waals surface area contributed by atoms with Gasteiger partial charge in [0.05, 0.1) is 5.52 Å². The third-order valence-electron chi connectivity index (χ3n) is 5.89. The smallest absolute Gasteiger partial charge is 0.489 e. The number of alkyl halides is 3. The number of carboxylic acids is 1. The third-order valence-corrected chi connectivity index (χ3v) is 7.05. The third kappa shape index (κ3) is 7.76. The minimum Gasteiger partial charge on any atom is -0.489 e. The molecule has 1 fully saturated rings. The summed E-state index contributed by atoms with van der Waals surface area (Å²) in [5.41, 5.74) is 5.00. The number of ether oxygens (including phenoxy) is 1. The summed E-state index contributed by atoms with van der Waals surface area (Å²) in [7, 11) is 0. The van der Waals surface area contributed by atoms with Crippen LogP contribution in [0.1, 0.15) is 28.4 Å². The highest BCUT2D eigenvalue weighted by atomic mass is 32.2. The number of carbonyl (C=O) groups excluding carboxylic acids is 2. The summed E-state index contributed by atoms with van der Waals surface area (Å²) >= 11 is 1.63. The van der Waals surface area contributed by atoms with E-state index in [2.05, 4.69) is 27.8 Å². The standard InChI is InChI=1S/C27H23N3O3S.C2HF3O2/c1-17-14-19(21-6-2-4-8-23(21)28-17)15-33-20-12-10-18(11-13-20)16-34-24-9-5-3-7-22(24)25-26(31)30-27(32)29-25;3-2(4,5)1(6)7/h2-14,25H,15-16H2,1H3,(H2,29,30,31,32);(H,6,7). The maximum Gasteiger partial charge on any atom is 0.490 e. The average Bonchev–Trinajstić information content (AvgIpc) is 3.28. The molecular formula is C29H24F3N3O5S. The van der Waals surface area contributed by atoms with Crippen molar-refractivity contribution in [2.45, 2.75) is 36.4 Å². The number of rotatable bonds is 7. The van der Waals surface area contributed by atoms with Gasteiger partial charge in [0.15, 0.2) is 0 Å². The van der Waals surface area contributed by atoms with E-state index in [9.17, 15) is 22.8 Å². The number of aryl methyl sites for hydroxylation is 1. The van der Waals surface area contributed by atoms with Crippen LogP contribution in [0.2, 0.25) is 0 Å². The molecule has 0 aliphatic carbocycles. The number of hydrogen-bond acceptors (Lipinski definition) is 6. The van der Waals surface area contributed by atoms with Gasteiger partial charge in [-0.2, -0.15) is 13.2 Å². The van der Waals surface area contributed by atoms with Crippen LogP contribution in [-0.4, -0.2) is 34.2 Å². The first kappa shape index (κ1) is 29.4. The number of carboxylic acid groups (broad SMARTS) is 1. The van der Waals surface area contributed by atoms with Gasteiger partial charge in [0.1, 0.15) is 18.4 Å². The van der Waals surface area contributed by atoms with Crippen LogP contribution < -0.4 is 15.4 Å². The van der Waals surface area contributed by atoms with Crippen LogP contribution >= 0.6 is 11.8 Å². The number of pyridine rings is 1. The Bertz CT molecular complexity index is 1580. The first-order chi connectivity index (χ1) is 19.5. The molecule has 8 nitrogen and oxygen atoms in total. The first-order valence-electron chi connectivity index (χ1n) is 12.2. The molecule has 12 heteroatoms. The molecule has 0 bridgehead atoms. The number of thioether (sulfide) groups is 1. The zero-order chi connectivity index (χ0) is 29.6. The van der Waals surface area contributed by atoms with Crippen molar-refractivity contribution in [3.63, 3.8) is 0 Å². The number of nitrogens with one attached hydrogen (secondary N) is 2. The van der Waals surface area contributed by atoms with Crippen LogP contribution in [0, 0.1) is 6.92 Å². The van der Waals surface area contributed by atoms with Gasteiger partial charge in [-0.1, -0.05) is 48.5 Å². The van der Waals surface area contributed by atoms with Crippen LogP contribution in [0.3, 0.4) is 0 Å². The summed E-state index contributed by atoms with van der Waals surface area (Å²) < 4.78 is 37.8. The molecule has 1 aliphatic rings. The molecule has 3 amide bonds. The number of fused-ring (bicyclic) bond motifs is 1. The highest BCUT2D eigenvalue weighted by Crippen LogP contribution is 2.32. The summed E-state index contributed by atoms with van der Waals surface area (Å²) in [6.45, 7) is 2.47. The van der Waals surface area contributed by atoms with Gasteiger partial charge in [0.2, 0.25) is 0 Å². The predicted molar refractivity (Wildman–Crippen MR) is 146 cm³/mol. The molecule has 1 aliphatic heterocycles. The predicted octanol–water partition coefficient (Wildman–Crippen LogP) is 5.93. The molecule has 4 aromatic rings. The Balaban J connectivity index is 0.000000493. The molecule has 41 heavy (non-hydrogen) atoms. The van der Waals surface area contributed by atoms with Crippen LogP contribution in [-0.2, 0) is 21.9 Å². The molecule has 1 atom stereocenters. The molecule has 0 saturated carbocycles. The van der Waals surface area contributed by atoms with Gasteiger partial charge in [-0.25, -0.2) is 9.59 Å². The summed E-state index contributed by atoms with van der Waals surface area (Å²) in [4.78, 5) is 38.0. The lowest BCUT2D eigenvalue weighted by atomic mass is 10.1. The summed E-state index contributed by atoms with van der Waals surface area (Å²) in [6, 6.07) is 24.7. The van der Waals surface area contributed by atoms with Crippen molar-refractivity contribution in [3.05, 3.63) is 101 Å². The van der Waals surface area contributed by atoms with Crippen LogP contribution in [0.5, 0.6) is 5.75 Å². The number of aliphatic carboxylic acids is 1. The summed E-state index contributed by atoms with van der Waals surface area (Å²) in [5.74, 6) is -1.55. The number of urea groups is 1. The zero-order valence-electron chi connectivity index (χ0n) is 21.6. The second-order valence-electron chi connectivity index (χ2n) is 8.90. The fourth-order valence-electron chi connectivity index (χ4n) is 4.00. The molecule has 1 unspecified atom stereocenters. The van der Waals surface area contributed by atoms with Crippen molar-refractivity contribution in [1.82, 2.24) is 15.6 Å². The van der Waals surface area contributed by atoms with E-state index in [0.717, 1.165) is 49.7 Å².